The summed E-state index contributed by atoms with van der Waals surface area (Å²) in [6.07, 6.45) is 1.75. The van der Waals surface area contributed by atoms with Gasteiger partial charge in [0, 0.05) is 5.69 Å². The molecule has 4 rings (SSSR count). The summed E-state index contributed by atoms with van der Waals surface area (Å²) >= 11 is 1.26. The van der Waals surface area contributed by atoms with Gasteiger partial charge in [-0.3, -0.25) is 14.7 Å². The average molecular weight is 451 g/mol. The summed E-state index contributed by atoms with van der Waals surface area (Å²) in [5.74, 6) is -0.372. The van der Waals surface area contributed by atoms with E-state index in [1.807, 2.05) is 18.2 Å². The molecular formula is C24H23FN4O2S. The Morgan fingerprint density at radius 1 is 1.03 bits per heavy atom. The molecule has 2 amide bonds. The van der Waals surface area contributed by atoms with Crippen LogP contribution in [-0.2, 0) is 24.1 Å². The van der Waals surface area contributed by atoms with Gasteiger partial charge in [-0.05, 0) is 47.7 Å². The van der Waals surface area contributed by atoms with Crippen molar-refractivity contribution in [3.8, 4) is 0 Å². The first-order valence-electron chi connectivity index (χ1n) is 10.4. The number of benzene rings is 2. The number of anilines is 2. The van der Waals surface area contributed by atoms with Crippen molar-refractivity contribution < 1.29 is 14.0 Å². The Bertz CT molecular complexity index is 1250. The van der Waals surface area contributed by atoms with E-state index in [2.05, 4.69) is 34.7 Å². The zero-order chi connectivity index (χ0) is 22.7. The summed E-state index contributed by atoms with van der Waals surface area (Å²) in [4.78, 5) is 26.5. The molecule has 0 aliphatic rings. The van der Waals surface area contributed by atoms with Gasteiger partial charge in [0.05, 0.1) is 16.7 Å². The van der Waals surface area contributed by atoms with Gasteiger partial charge in [0.15, 0.2) is 0 Å². The highest BCUT2D eigenvalue weighted by Gasteiger charge is 2.18. The Kier molecular flexibility index (Phi) is 6.32. The van der Waals surface area contributed by atoms with E-state index in [4.69, 9.17) is 0 Å². The van der Waals surface area contributed by atoms with Crippen molar-refractivity contribution in [2.24, 2.45) is 0 Å². The number of aromatic nitrogens is 2. The lowest BCUT2D eigenvalue weighted by Crippen LogP contribution is -2.15. The first-order chi connectivity index (χ1) is 15.5. The Balaban J connectivity index is 1.51. The molecule has 3 N–H and O–H groups in total. The molecule has 2 aromatic heterocycles. The molecule has 0 atom stereocenters. The number of halogens is 1. The van der Waals surface area contributed by atoms with Crippen molar-refractivity contribution in [1.29, 1.82) is 0 Å². The van der Waals surface area contributed by atoms with Crippen LogP contribution in [0.4, 0.5) is 15.9 Å². The first kappa shape index (κ1) is 21.7. The number of thiophene rings is 1. The zero-order valence-corrected chi connectivity index (χ0v) is 18.6. The van der Waals surface area contributed by atoms with Gasteiger partial charge in [0.2, 0.25) is 5.91 Å². The Hall–Kier alpha value is -3.52. The largest absolute Gasteiger partial charge is 0.321 e. The van der Waals surface area contributed by atoms with Gasteiger partial charge < -0.3 is 10.6 Å². The van der Waals surface area contributed by atoms with E-state index in [0.29, 0.717) is 26.5 Å². The molecular weight excluding hydrogens is 427 g/mol. The summed E-state index contributed by atoms with van der Waals surface area (Å²) in [6.45, 7) is 4.12. The van der Waals surface area contributed by atoms with E-state index in [1.165, 1.54) is 23.5 Å². The highest BCUT2D eigenvalue weighted by Crippen LogP contribution is 2.31. The molecule has 0 saturated carbocycles. The second kappa shape index (κ2) is 9.32. The molecule has 164 valence electrons. The molecule has 0 spiro atoms. The molecule has 4 aromatic rings. The van der Waals surface area contributed by atoms with Crippen molar-refractivity contribution in [3.63, 3.8) is 0 Å². The standard InChI is InChI=1S/C24H23FN4O2S/c1-3-15-6-5-7-16(4-2)21(15)27-23(31)19-13-18-22(28-29-24(18)32-19)26-20(30)12-14-8-10-17(25)11-9-14/h5-11,13H,3-4,12H2,1-2H3,(H,27,31)(H2,26,28,29,30). The van der Waals surface area contributed by atoms with Gasteiger partial charge in [0.25, 0.3) is 5.91 Å². The maximum Gasteiger partial charge on any atom is 0.265 e. The second-order valence-corrected chi connectivity index (χ2v) is 8.42. The van der Waals surface area contributed by atoms with Gasteiger partial charge in [-0.2, -0.15) is 5.10 Å². The van der Waals surface area contributed by atoms with Crippen LogP contribution in [0.25, 0.3) is 10.2 Å². The van der Waals surface area contributed by atoms with Crippen molar-refractivity contribution in [3.05, 3.63) is 75.9 Å². The fourth-order valence-electron chi connectivity index (χ4n) is 3.57. The molecule has 2 aromatic carbocycles. The summed E-state index contributed by atoms with van der Waals surface area (Å²) in [7, 11) is 0. The van der Waals surface area contributed by atoms with Crippen molar-refractivity contribution in [2.75, 3.05) is 10.6 Å². The topological polar surface area (TPSA) is 86.9 Å². The van der Waals surface area contributed by atoms with Gasteiger partial charge in [0.1, 0.15) is 16.5 Å². The SMILES string of the molecule is CCc1cccc(CC)c1NC(=O)c1cc2c(NC(=O)Cc3ccc(F)cc3)[nH]nc2s1. The smallest absolute Gasteiger partial charge is 0.265 e. The third-order valence-electron chi connectivity index (χ3n) is 5.25. The number of carbonyl (C=O) groups excluding carboxylic acids is 2. The van der Waals surface area contributed by atoms with E-state index >= 15 is 0 Å². The summed E-state index contributed by atoms with van der Waals surface area (Å²) in [5, 5.41) is 13.6. The molecule has 32 heavy (non-hydrogen) atoms. The Morgan fingerprint density at radius 3 is 2.38 bits per heavy atom. The lowest BCUT2D eigenvalue weighted by atomic mass is 10.0. The van der Waals surface area contributed by atoms with Crippen LogP contribution in [0.2, 0.25) is 0 Å². The molecule has 0 radical (unpaired) electrons. The summed E-state index contributed by atoms with van der Waals surface area (Å²) < 4.78 is 13.0. The molecule has 0 unspecified atom stereocenters. The molecule has 0 saturated heterocycles. The molecule has 8 heteroatoms. The third-order valence-corrected chi connectivity index (χ3v) is 6.28. The first-order valence-corrected chi connectivity index (χ1v) is 11.2. The van der Waals surface area contributed by atoms with E-state index in [9.17, 15) is 14.0 Å². The average Bonchev–Trinajstić information content (AvgIpc) is 3.37. The number of rotatable bonds is 7. The maximum absolute atomic E-state index is 13.0. The number of amides is 2. The minimum absolute atomic E-state index is 0.103. The van der Waals surface area contributed by atoms with Crippen LogP contribution < -0.4 is 10.6 Å². The maximum atomic E-state index is 13.0. The van der Waals surface area contributed by atoms with Crippen molar-refractivity contribution >= 4 is 44.9 Å². The lowest BCUT2D eigenvalue weighted by molar-refractivity contribution is -0.115. The third kappa shape index (κ3) is 4.55. The number of H-pyrrole nitrogens is 1. The van der Waals surface area contributed by atoms with Crippen LogP contribution in [-0.4, -0.2) is 22.0 Å². The predicted octanol–water partition coefficient (Wildman–Crippen LogP) is 5.32. The van der Waals surface area contributed by atoms with Crippen LogP contribution in [0, 0.1) is 5.82 Å². The summed E-state index contributed by atoms with van der Waals surface area (Å²) in [6, 6.07) is 13.6. The van der Waals surface area contributed by atoms with Gasteiger partial charge in [-0.25, -0.2) is 4.39 Å². The van der Waals surface area contributed by atoms with Crippen LogP contribution in [0.15, 0.2) is 48.5 Å². The number of nitrogens with one attached hydrogen (secondary N) is 3. The Morgan fingerprint density at radius 2 is 1.72 bits per heavy atom. The quantitative estimate of drug-likeness (QED) is 0.356. The van der Waals surface area contributed by atoms with Gasteiger partial charge in [-0.1, -0.05) is 44.2 Å². The monoisotopic (exact) mass is 450 g/mol. The normalized spacial score (nSPS) is 11.0. The number of carbonyl (C=O) groups is 2. The van der Waals surface area contributed by atoms with E-state index in [1.54, 1.807) is 18.2 Å². The lowest BCUT2D eigenvalue weighted by Gasteiger charge is -2.13. The number of fused-ring (bicyclic) bond motifs is 1. The minimum Gasteiger partial charge on any atom is -0.321 e. The Labute approximate surface area is 188 Å². The van der Waals surface area contributed by atoms with Crippen LogP contribution in [0.1, 0.15) is 40.2 Å². The molecule has 0 fully saturated rings. The number of aromatic amines is 1. The number of nitrogens with zero attached hydrogens (tertiary/aromatic N) is 1. The fourth-order valence-corrected chi connectivity index (χ4v) is 4.46. The van der Waals surface area contributed by atoms with E-state index < -0.39 is 0 Å². The minimum atomic E-state index is -0.346. The molecule has 0 aliphatic carbocycles. The highest BCUT2D eigenvalue weighted by atomic mass is 32.1. The molecule has 6 nitrogen and oxygen atoms in total. The zero-order valence-electron chi connectivity index (χ0n) is 17.8. The molecule has 0 bridgehead atoms. The van der Waals surface area contributed by atoms with Crippen LogP contribution in [0.3, 0.4) is 0 Å². The van der Waals surface area contributed by atoms with Crippen molar-refractivity contribution in [2.45, 2.75) is 33.1 Å². The highest BCUT2D eigenvalue weighted by molar-refractivity contribution is 7.20. The predicted molar refractivity (Wildman–Crippen MR) is 126 cm³/mol. The second-order valence-electron chi connectivity index (χ2n) is 7.39. The number of hydrogen-bond acceptors (Lipinski definition) is 4. The van der Waals surface area contributed by atoms with Crippen LogP contribution >= 0.6 is 11.3 Å². The molecule has 0 aliphatic heterocycles. The number of hydrogen-bond donors (Lipinski definition) is 3. The van der Waals surface area contributed by atoms with Crippen molar-refractivity contribution in [1.82, 2.24) is 10.2 Å². The molecule has 2 heterocycles. The van der Waals surface area contributed by atoms with E-state index in [0.717, 1.165) is 29.7 Å². The van der Waals surface area contributed by atoms with E-state index in [-0.39, 0.29) is 24.1 Å². The van der Waals surface area contributed by atoms with Crippen LogP contribution in [0.5, 0.6) is 0 Å². The van der Waals surface area contributed by atoms with Gasteiger partial charge >= 0.3 is 0 Å². The number of aryl methyl sites for hydroxylation is 2. The fraction of sp³-hybridized carbons (Fsp3) is 0.208. The van der Waals surface area contributed by atoms with Gasteiger partial charge in [-0.15, -0.1) is 11.3 Å². The summed E-state index contributed by atoms with van der Waals surface area (Å²) in [5.41, 5.74) is 3.75. The number of para-hydroxylation sites is 1.